The Labute approximate surface area is 629 Å². The first kappa shape index (κ1) is 83.8. The zero-order valence-electron chi connectivity index (χ0n) is 72.4. The predicted octanol–water partition coefficient (Wildman–Crippen LogP) is 20.4. The highest BCUT2D eigenvalue weighted by atomic mass is 15.3. The van der Waals surface area contributed by atoms with Gasteiger partial charge >= 0.3 is 0 Å². The number of fused-ring (bicyclic) bond motifs is 6. The molecule has 17 heteroatoms. The Hall–Kier alpha value is -7.43. The third kappa shape index (κ3) is 19.6. The maximum absolute atomic E-state index is 4.51. The molecule has 0 aromatic carbocycles. The maximum Gasteiger partial charge on any atom is 0.129 e. The largest absolute Gasteiger partial charge is 0.337 e. The molecular formula is C87H139N17. The summed E-state index contributed by atoms with van der Waals surface area (Å²) in [5.41, 5.74) is 36.3. The van der Waals surface area contributed by atoms with Crippen LogP contribution in [0.25, 0.3) is 0 Å². The van der Waals surface area contributed by atoms with Crippen LogP contribution in [0.2, 0.25) is 0 Å². The van der Waals surface area contributed by atoms with E-state index >= 15 is 0 Å². The number of nitrogens with zero attached hydrogens (tertiary/aromatic N) is 17. The standard InChI is InChI=1S/C10H12.4C9H16N2.C9H13N.3C8H12N2.C8H14N2/c1-5(2)10-8-3-6(8)7-4-9(7)10;1-6(2)9-7(3)10-8(4)11(9)5;1-6(2)9-7(3)10-11(5)8(9)4;1-6(2)9-7(3)8(4)10-11(9)5;1-6(2)11-8(4)7(3)10-9(11)5;1-5(2)9-6(3)10-8-4-7(8)9;1-5(2)8-6-4-7(6)9-10(8)3;1-5(2)8-6(3)9-7-4-10(7)8;1-5(2)10-6(3)9-7-4-8(7)10;1-6(2)8-7(3)9-5-10(8)4/h5-6H,3-4H2,1-2H3;4*6H,1-5H3;5,8H,4H2,1-3H3;3*5H,4H2,1-3H3;5-6H,1-4H3. The van der Waals surface area contributed by atoms with E-state index in [4.69, 9.17) is 0 Å². The van der Waals surface area contributed by atoms with Crippen molar-refractivity contribution < 1.29 is 0 Å². The molecule has 17 nitrogen and oxygen atoms in total. The number of imidazole rings is 5. The molecule has 0 saturated heterocycles. The smallest absolute Gasteiger partial charge is 0.129 e. The van der Waals surface area contributed by atoms with Gasteiger partial charge in [0.2, 0.25) is 0 Å². The minimum absolute atomic E-state index is 0.524. The van der Waals surface area contributed by atoms with Gasteiger partial charge in [0.1, 0.15) is 23.3 Å². The highest BCUT2D eigenvalue weighted by Crippen LogP contribution is 2.65. The summed E-state index contributed by atoms with van der Waals surface area (Å²) >= 11 is 0. The SMILES string of the molecule is CC(C)C1=C2CC2C2=C1C2.CC(C)c1c2c(nn1C)C2.CC1=NC2CC2=C1C(C)C.Cc1nc(C)n(C(C)C)c1C.Cc1nc(C)n(C)c1C(C)C.Cc1nc2c(n1C(C)C)C2.Cc1nc2n(c1C(C)C)C2.Cc1ncn(C)c1C(C)C.Cc1nn(C)c(C(C)C)c1C.Cc1nn(C)c(C)c1C(C)C. The summed E-state index contributed by atoms with van der Waals surface area (Å²) in [7, 11) is 10.1. The van der Waals surface area contributed by atoms with Crippen molar-refractivity contribution in [3.8, 4) is 0 Å². The molecule has 104 heavy (non-hydrogen) atoms. The van der Waals surface area contributed by atoms with Crippen LogP contribution >= 0.6 is 0 Å². The number of hydrogen-bond donors (Lipinski definition) is 0. The molecule has 2 atom stereocenters. The van der Waals surface area contributed by atoms with Crippen LogP contribution in [-0.4, -0.2) is 88.9 Å². The maximum atomic E-state index is 4.51. The Morgan fingerprint density at radius 1 is 0.404 bits per heavy atom. The molecule has 8 aromatic heterocycles. The van der Waals surface area contributed by atoms with E-state index in [-0.39, 0.29) is 0 Å². The number of allylic oxidation sites excluding steroid dienone is 5. The molecule has 0 spiro atoms. The van der Waals surface area contributed by atoms with E-state index in [2.05, 4.69) is 297 Å². The van der Waals surface area contributed by atoms with Gasteiger partial charge in [0.05, 0.1) is 64.5 Å². The van der Waals surface area contributed by atoms with Crippen LogP contribution in [0.3, 0.4) is 0 Å². The van der Waals surface area contributed by atoms with Crippen molar-refractivity contribution in [3.05, 3.63) is 171 Å². The van der Waals surface area contributed by atoms with Gasteiger partial charge in [-0.15, -0.1) is 0 Å². The number of hydrogen-bond acceptors (Lipinski definition) is 9. The summed E-state index contributed by atoms with van der Waals surface area (Å²) in [4.78, 5) is 26.3. The second-order valence-electron chi connectivity index (χ2n) is 33.6. The number of aryl methyl sites for hydroxylation is 13. The minimum Gasteiger partial charge on any atom is -0.337 e. The summed E-state index contributed by atoms with van der Waals surface area (Å²) in [6, 6.07) is 1.73. The van der Waals surface area contributed by atoms with Crippen molar-refractivity contribution in [2.75, 3.05) is 0 Å². The monoisotopic (exact) mass is 1420 g/mol. The van der Waals surface area contributed by atoms with Gasteiger partial charge in [-0.05, 0) is 218 Å². The molecule has 0 radical (unpaired) electrons. The van der Waals surface area contributed by atoms with E-state index in [0.29, 0.717) is 59.6 Å². The van der Waals surface area contributed by atoms with Crippen molar-refractivity contribution in [2.45, 2.75) is 321 Å². The third-order valence-electron chi connectivity index (χ3n) is 21.5. The third-order valence-corrected chi connectivity index (χ3v) is 21.5. The summed E-state index contributed by atoms with van der Waals surface area (Å²) in [5.74, 6) is 10.7. The Morgan fingerprint density at radius 2 is 0.933 bits per heavy atom. The van der Waals surface area contributed by atoms with E-state index < -0.39 is 0 Å². The summed E-state index contributed by atoms with van der Waals surface area (Å²) in [6.07, 6.45) is 8.21. The van der Waals surface area contributed by atoms with Crippen molar-refractivity contribution in [1.29, 1.82) is 0 Å². The van der Waals surface area contributed by atoms with Gasteiger partial charge in [-0.3, -0.25) is 19.0 Å². The Kier molecular flexibility index (Phi) is 27.4. The van der Waals surface area contributed by atoms with Crippen molar-refractivity contribution in [1.82, 2.24) is 77.1 Å². The van der Waals surface area contributed by atoms with Gasteiger partial charge in [0.15, 0.2) is 0 Å². The van der Waals surface area contributed by atoms with Crippen LogP contribution in [0.1, 0.15) is 343 Å². The lowest BCUT2D eigenvalue weighted by Gasteiger charge is -2.11. The van der Waals surface area contributed by atoms with Crippen molar-refractivity contribution >= 4 is 5.71 Å². The molecule has 0 amide bonds. The van der Waals surface area contributed by atoms with E-state index in [9.17, 15) is 0 Å². The van der Waals surface area contributed by atoms with E-state index in [0.717, 1.165) is 60.0 Å². The van der Waals surface area contributed by atoms with Crippen LogP contribution in [0.5, 0.6) is 0 Å². The highest BCUT2D eigenvalue weighted by molar-refractivity contribution is 6.03. The second-order valence-corrected chi connectivity index (χ2v) is 33.6. The molecule has 2 fully saturated rings. The Bertz CT molecular complexity index is 4000. The van der Waals surface area contributed by atoms with E-state index in [1.807, 2.05) is 55.5 Å². The van der Waals surface area contributed by atoms with Crippen LogP contribution < -0.4 is 0 Å². The summed E-state index contributed by atoms with van der Waals surface area (Å²) < 4.78 is 17.1. The first-order chi connectivity index (χ1) is 48.4. The van der Waals surface area contributed by atoms with Crippen LogP contribution in [0.4, 0.5) is 0 Å². The Morgan fingerprint density at radius 3 is 1.18 bits per heavy atom. The van der Waals surface area contributed by atoms with Crippen LogP contribution in [0.15, 0.2) is 44.8 Å². The van der Waals surface area contributed by atoms with Gasteiger partial charge in [-0.1, -0.05) is 122 Å². The first-order valence-corrected chi connectivity index (χ1v) is 39.3. The predicted molar refractivity (Wildman–Crippen MR) is 435 cm³/mol. The molecule has 8 aromatic rings. The summed E-state index contributed by atoms with van der Waals surface area (Å²) in [5, 5.41) is 13.0. The molecule has 2 aliphatic heterocycles. The van der Waals surface area contributed by atoms with Gasteiger partial charge in [0.25, 0.3) is 0 Å². The van der Waals surface area contributed by atoms with E-state index in [1.54, 1.807) is 33.4 Å². The lowest BCUT2D eigenvalue weighted by Crippen LogP contribution is -2.04. The first-order valence-electron chi connectivity index (χ1n) is 39.3. The molecule has 572 valence electrons. The number of aromatic nitrogens is 16. The molecule has 8 aliphatic rings. The minimum atomic E-state index is 0.524. The fourth-order valence-corrected chi connectivity index (χ4v) is 16.9. The average molecular weight is 1420 g/mol. The Balaban J connectivity index is 0.000000162. The molecule has 2 unspecified atom stereocenters. The number of aliphatic imine (C=N–C) groups is 1. The lowest BCUT2D eigenvalue weighted by molar-refractivity contribution is 0.569. The van der Waals surface area contributed by atoms with Gasteiger partial charge in [-0.2, -0.15) is 15.3 Å². The molecule has 6 aliphatic carbocycles. The van der Waals surface area contributed by atoms with Gasteiger partial charge in [-0.25, -0.2) is 24.9 Å². The molecule has 10 heterocycles. The zero-order chi connectivity index (χ0) is 78.2. The topological polar surface area (TPSA) is 155 Å². The molecule has 16 rings (SSSR count). The van der Waals surface area contributed by atoms with Crippen LogP contribution in [-0.2, 0) is 54.6 Å². The number of dihydropyridines is 1. The molecular weight excluding hydrogens is 1280 g/mol. The molecule has 0 bridgehead atoms. The van der Waals surface area contributed by atoms with E-state index in [1.165, 1.54) is 127 Å². The zero-order valence-corrected chi connectivity index (χ0v) is 72.4. The van der Waals surface area contributed by atoms with Crippen LogP contribution in [0, 0.1) is 101 Å². The molecule has 2 saturated carbocycles. The normalized spacial score (nSPS) is 15.8. The summed E-state index contributed by atoms with van der Waals surface area (Å²) in [6.45, 7) is 72.5. The fourth-order valence-electron chi connectivity index (χ4n) is 16.9. The second kappa shape index (κ2) is 34.0. The van der Waals surface area contributed by atoms with Gasteiger partial charge < -0.3 is 22.8 Å². The van der Waals surface area contributed by atoms with Crippen molar-refractivity contribution in [2.24, 2.45) is 58.0 Å². The highest BCUT2D eigenvalue weighted by Gasteiger charge is 2.51. The van der Waals surface area contributed by atoms with Gasteiger partial charge in [0, 0.05) is 123 Å². The average Bonchev–Trinajstić information content (AvgIpc) is 1.52. The molecule has 0 N–H and O–H groups in total. The fraction of sp³-hybridized carbons (Fsp3) is 0.644. The lowest BCUT2D eigenvalue weighted by atomic mass is 9.99. The number of rotatable bonds is 10. The van der Waals surface area contributed by atoms with Crippen molar-refractivity contribution in [3.63, 3.8) is 0 Å². The quantitative estimate of drug-likeness (QED) is 0.131.